The van der Waals surface area contributed by atoms with Gasteiger partial charge in [-0.15, -0.1) is 0 Å². The van der Waals surface area contributed by atoms with Crippen molar-refractivity contribution in [3.05, 3.63) is 59.7 Å². The number of benzene rings is 2. The van der Waals surface area contributed by atoms with Crippen molar-refractivity contribution in [2.24, 2.45) is 17.8 Å². The summed E-state index contributed by atoms with van der Waals surface area (Å²) >= 11 is 0. The molecule has 0 spiro atoms. The molecule has 5 atom stereocenters. The fourth-order valence-corrected chi connectivity index (χ4v) is 6.43. The Labute approximate surface area is 198 Å². The molecule has 2 aliphatic heterocycles. The Morgan fingerprint density at radius 3 is 2.26 bits per heavy atom. The summed E-state index contributed by atoms with van der Waals surface area (Å²) in [6.45, 7) is 0.666. The summed E-state index contributed by atoms with van der Waals surface area (Å²) in [5.41, 5.74) is 4.72. The lowest BCUT2D eigenvalue weighted by atomic mass is 9.89. The topological polar surface area (TPSA) is 95.9 Å². The fourth-order valence-electron chi connectivity index (χ4n) is 6.43. The van der Waals surface area contributed by atoms with Crippen molar-refractivity contribution in [1.82, 2.24) is 10.2 Å². The normalized spacial score (nSPS) is 28.4. The SMILES string of the molecule is O=C(NC[C@H]1C[C@H]1C(=O)N1C2CCC1C(C(=O)O)C2)OCC1c2ccccc2-c2ccccc21. The molecule has 2 saturated heterocycles. The summed E-state index contributed by atoms with van der Waals surface area (Å²) in [6, 6.07) is 16.3. The van der Waals surface area contributed by atoms with E-state index in [1.54, 1.807) is 0 Å². The van der Waals surface area contributed by atoms with Gasteiger partial charge in [0.25, 0.3) is 0 Å². The van der Waals surface area contributed by atoms with Crippen LogP contribution in [0, 0.1) is 17.8 Å². The minimum atomic E-state index is -0.797. The van der Waals surface area contributed by atoms with Crippen LogP contribution in [0.25, 0.3) is 11.1 Å². The summed E-state index contributed by atoms with van der Waals surface area (Å²) in [5, 5.41) is 12.3. The molecule has 176 valence electrons. The molecule has 0 aromatic heterocycles. The van der Waals surface area contributed by atoms with Gasteiger partial charge in [-0.3, -0.25) is 9.59 Å². The molecule has 1 saturated carbocycles. The molecule has 6 rings (SSSR count). The number of hydrogen-bond donors (Lipinski definition) is 2. The smallest absolute Gasteiger partial charge is 0.407 e. The van der Waals surface area contributed by atoms with Gasteiger partial charge in [0, 0.05) is 30.5 Å². The first kappa shape index (κ1) is 21.2. The number of carbonyl (C=O) groups is 3. The summed E-state index contributed by atoms with van der Waals surface area (Å²) < 4.78 is 5.59. The molecule has 2 N–H and O–H groups in total. The zero-order valence-corrected chi connectivity index (χ0v) is 18.9. The first-order valence-electron chi connectivity index (χ1n) is 12.2. The molecule has 2 bridgehead atoms. The number of aliphatic carboxylic acids is 1. The number of hydrogen-bond acceptors (Lipinski definition) is 4. The molecule has 2 aliphatic carbocycles. The predicted octanol–water partition coefficient (Wildman–Crippen LogP) is 3.63. The van der Waals surface area contributed by atoms with Gasteiger partial charge in [0.1, 0.15) is 6.61 Å². The lowest BCUT2D eigenvalue weighted by Gasteiger charge is -2.23. The van der Waals surface area contributed by atoms with Crippen molar-refractivity contribution < 1.29 is 24.2 Å². The van der Waals surface area contributed by atoms with Crippen molar-refractivity contribution in [3.8, 4) is 11.1 Å². The van der Waals surface area contributed by atoms with Gasteiger partial charge < -0.3 is 20.1 Å². The Morgan fingerprint density at radius 2 is 1.62 bits per heavy atom. The summed E-state index contributed by atoms with van der Waals surface area (Å²) in [5.74, 6) is -1.18. The molecule has 7 heteroatoms. The third-order valence-electron chi connectivity index (χ3n) is 8.20. The molecule has 2 amide bonds. The van der Waals surface area contributed by atoms with Crippen LogP contribution in [0.5, 0.6) is 0 Å². The van der Waals surface area contributed by atoms with Crippen molar-refractivity contribution in [2.75, 3.05) is 13.2 Å². The van der Waals surface area contributed by atoms with Gasteiger partial charge in [-0.2, -0.15) is 0 Å². The number of carboxylic acid groups (broad SMARTS) is 1. The molecular formula is C27H28N2O5. The molecule has 4 aliphatic rings. The number of amides is 2. The van der Waals surface area contributed by atoms with Gasteiger partial charge in [0.05, 0.1) is 5.92 Å². The highest BCUT2D eigenvalue weighted by molar-refractivity contribution is 5.85. The minimum absolute atomic E-state index is 0.0150. The summed E-state index contributed by atoms with van der Waals surface area (Å²) in [6.07, 6.45) is 2.52. The Hall–Kier alpha value is -3.35. The van der Waals surface area contributed by atoms with E-state index in [4.69, 9.17) is 4.74 Å². The van der Waals surface area contributed by atoms with Crippen LogP contribution in [0.15, 0.2) is 48.5 Å². The molecule has 0 radical (unpaired) electrons. The largest absolute Gasteiger partial charge is 0.481 e. The fraction of sp³-hybridized carbons (Fsp3) is 0.444. The highest BCUT2D eigenvalue weighted by atomic mass is 16.5. The van der Waals surface area contributed by atoms with Crippen LogP contribution in [0.4, 0.5) is 4.79 Å². The Morgan fingerprint density at radius 1 is 0.941 bits per heavy atom. The van der Waals surface area contributed by atoms with Gasteiger partial charge in [-0.1, -0.05) is 48.5 Å². The second-order valence-electron chi connectivity index (χ2n) is 10.0. The molecule has 2 aromatic carbocycles. The van der Waals surface area contributed by atoms with E-state index in [1.807, 2.05) is 29.2 Å². The number of nitrogens with zero attached hydrogens (tertiary/aromatic N) is 1. The third kappa shape index (κ3) is 3.45. The lowest BCUT2D eigenvalue weighted by molar-refractivity contribution is -0.143. The summed E-state index contributed by atoms with van der Waals surface area (Å²) in [4.78, 5) is 38.8. The number of fused-ring (bicyclic) bond motifs is 5. The Bertz CT molecular complexity index is 1120. The maximum absolute atomic E-state index is 13.0. The number of rotatable bonds is 6. The van der Waals surface area contributed by atoms with Crippen molar-refractivity contribution in [1.29, 1.82) is 0 Å². The zero-order chi connectivity index (χ0) is 23.4. The molecular weight excluding hydrogens is 432 g/mol. The molecule has 2 aromatic rings. The van der Waals surface area contributed by atoms with E-state index in [9.17, 15) is 19.5 Å². The third-order valence-corrected chi connectivity index (χ3v) is 8.20. The monoisotopic (exact) mass is 460 g/mol. The van der Waals surface area contributed by atoms with E-state index in [0.29, 0.717) is 13.0 Å². The van der Waals surface area contributed by atoms with Crippen LogP contribution in [-0.2, 0) is 14.3 Å². The second-order valence-corrected chi connectivity index (χ2v) is 10.0. The standard InChI is InChI=1S/C27H28N2O5/c30-25(29-16-9-10-24(29)22(12-16)26(31)32)21-11-15(21)13-28-27(33)34-14-23-19-7-3-1-5-17(19)18-6-2-4-8-20(18)23/h1-8,15-16,21-24H,9-14H2,(H,28,33)(H,31,32)/t15-,16?,21-,22?,24?/m1/s1. The number of carboxylic acids is 1. The van der Waals surface area contributed by atoms with Crippen LogP contribution in [0.1, 0.15) is 42.7 Å². The number of carbonyl (C=O) groups excluding carboxylic acids is 2. The van der Waals surface area contributed by atoms with Crippen LogP contribution >= 0.6 is 0 Å². The van der Waals surface area contributed by atoms with Crippen molar-refractivity contribution in [3.63, 3.8) is 0 Å². The molecule has 3 unspecified atom stereocenters. The second kappa shape index (κ2) is 8.15. The van der Waals surface area contributed by atoms with Crippen LogP contribution in [-0.4, -0.2) is 53.2 Å². The van der Waals surface area contributed by atoms with Crippen LogP contribution in [0.3, 0.4) is 0 Å². The van der Waals surface area contributed by atoms with Gasteiger partial charge in [0.15, 0.2) is 0 Å². The zero-order valence-electron chi connectivity index (χ0n) is 18.9. The van der Waals surface area contributed by atoms with Crippen molar-refractivity contribution >= 4 is 18.0 Å². The highest BCUT2D eigenvalue weighted by Crippen LogP contribution is 2.48. The van der Waals surface area contributed by atoms with Gasteiger partial charge >= 0.3 is 12.1 Å². The lowest BCUT2D eigenvalue weighted by Crippen LogP contribution is -2.39. The number of alkyl carbamates (subject to hydrolysis) is 1. The maximum atomic E-state index is 13.0. The van der Waals surface area contributed by atoms with Gasteiger partial charge in [0.2, 0.25) is 5.91 Å². The van der Waals surface area contributed by atoms with E-state index in [-0.39, 0.29) is 42.4 Å². The van der Waals surface area contributed by atoms with Gasteiger partial charge in [-0.05, 0) is 53.9 Å². The van der Waals surface area contributed by atoms with Crippen molar-refractivity contribution in [2.45, 2.75) is 43.7 Å². The quantitative estimate of drug-likeness (QED) is 0.686. The molecule has 34 heavy (non-hydrogen) atoms. The first-order chi connectivity index (χ1) is 16.5. The van der Waals surface area contributed by atoms with Crippen LogP contribution < -0.4 is 5.32 Å². The van der Waals surface area contributed by atoms with Gasteiger partial charge in [-0.25, -0.2) is 4.79 Å². The first-order valence-corrected chi connectivity index (χ1v) is 12.2. The average Bonchev–Trinajstić information content (AvgIpc) is 3.23. The number of nitrogens with one attached hydrogen (secondary N) is 1. The van der Waals surface area contributed by atoms with E-state index >= 15 is 0 Å². The predicted molar refractivity (Wildman–Crippen MR) is 124 cm³/mol. The Kier molecular flexibility index (Phi) is 5.08. The maximum Gasteiger partial charge on any atom is 0.407 e. The molecule has 3 fully saturated rings. The highest BCUT2D eigenvalue weighted by Gasteiger charge is 2.55. The van der Waals surface area contributed by atoms with E-state index in [0.717, 1.165) is 19.3 Å². The average molecular weight is 461 g/mol. The molecule has 2 heterocycles. The molecule has 7 nitrogen and oxygen atoms in total. The van der Waals surface area contributed by atoms with E-state index in [1.165, 1.54) is 22.3 Å². The Balaban J connectivity index is 1.01. The van der Waals surface area contributed by atoms with E-state index in [2.05, 4.69) is 29.6 Å². The summed E-state index contributed by atoms with van der Waals surface area (Å²) in [7, 11) is 0. The number of ether oxygens (including phenoxy) is 1. The minimum Gasteiger partial charge on any atom is -0.481 e. The van der Waals surface area contributed by atoms with Crippen LogP contribution in [0.2, 0.25) is 0 Å². The van der Waals surface area contributed by atoms with E-state index < -0.39 is 18.0 Å².